The van der Waals surface area contributed by atoms with Crippen molar-refractivity contribution in [2.24, 2.45) is 0 Å². The molecule has 2 heterocycles. The number of rotatable bonds is 3. The molecule has 5 nitrogen and oxygen atoms in total. The maximum atomic E-state index is 4.15. The van der Waals surface area contributed by atoms with Crippen molar-refractivity contribution in [1.82, 2.24) is 20.2 Å². The number of nitrogens with zero attached hydrogens (tertiary/aromatic N) is 5. The third-order valence-electron chi connectivity index (χ3n) is 3.48. The van der Waals surface area contributed by atoms with Crippen LogP contribution in [0.3, 0.4) is 0 Å². The summed E-state index contributed by atoms with van der Waals surface area (Å²) in [6, 6.07) is 8.36. The van der Waals surface area contributed by atoms with Crippen molar-refractivity contribution in [1.29, 1.82) is 0 Å². The van der Waals surface area contributed by atoms with Crippen LogP contribution in [0, 0.1) is 6.92 Å². The molecule has 0 amide bonds. The maximum Gasteiger partial charge on any atom is 0.245 e. The highest BCUT2D eigenvalue weighted by Crippen LogP contribution is 2.18. The van der Waals surface area contributed by atoms with Crippen molar-refractivity contribution in [3.8, 4) is 0 Å². The standard InChI is InChI=1S/C13H17N5/c1-11-6-2-3-7-12(11)10-18-13(14-15-16-18)17-8-4-5-9-17/h2-3,6-7H,4-5,8-10H2,1H3. The summed E-state index contributed by atoms with van der Waals surface area (Å²) in [5.74, 6) is 0.899. The van der Waals surface area contributed by atoms with E-state index in [-0.39, 0.29) is 0 Å². The number of tetrazole rings is 1. The molecule has 18 heavy (non-hydrogen) atoms. The average molecular weight is 243 g/mol. The molecule has 2 aromatic rings. The quantitative estimate of drug-likeness (QED) is 0.822. The molecule has 0 spiro atoms. The summed E-state index contributed by atoms with van der Waals surface area (Å²) >= 11 is 0. The molecule has 0 unspecified atom stereocenters. The fourth-order valence-corrected chi connectivity index (χ4v) is 2.39. The highest BCUT2D eigenvalue weighted by molar-refractivity contribution is 5.32. The van der Waals surface area contributed by atoms with Gasteiger partial charge in [0, 0.05) is 13.1 Å². The van der Waals surface area contributed by atoms with Crippen molar-refractivity contribution in [2.75, 3.05) is 18.0 Å². The summed E-state index contributed by atoms with van der Waals surface area (Å²) < 4.78 is 1.90. The van der Waals surface area contributed by atoms with E-state index < -0.39 is 0 Å². The second kappa shape index (κ2) is 4.76. The molecule has 0 saturated carbocycles. The predicted octanol–water partition coefficient (Wildman–Crippen LogP) is 1.63. The number of hydrogen-bond acceptors (Lipinski definition) is 4. The second-order valence-corrected chi connectivity index (χ2v) is 4.76. The number of hydrogen-bond donors (Lipinski definition) is 0. The van der Waals surface area contributed by atoms with E-state index >= 15 is 0 Å². The minimum Gasteiger partial charge on any atom is -0.340 e. The van der Waals surface area contributed by atoms with E-state index in [4.69, 9.17) is 0 Å². The zero-order chi connectivity index (χ0) is 12.4. The minimum atomic E-state index is 0.742. The first-order chi connectivity index (χ1) is 8.84. The number of aromatic nitrogens is 4. The molecule has 5 heteroatoms. The Kier molecular flexibility index (Phi) is 2.96. The summed E-state index contributed by atoms with van der Waals surface area (Å²) in [6.07, 6.45) is 2.47. The number of aryl methyl sites for hydroxylation is 1. The van der Waals surface area contributed by atoms with Gasteiger partial charge in [-0.2, -0.15) is 0 Å². The van der Waals surface area contributed by atoms with Crippen LogP contribution in [0.25, 0.3) is 0 Å². The zero-order valence-corrected chi connectivity index (χ0v) is 10.6. The lowest BCUT2D eigenvalue weighted by atomic mass is 10.1. The molecule has 0 atom stereocenters. The van der Waals surface area contributed by atoms with E-state index in [1.165, 1.54) is 24.0 Å². The molecule has 0 N–H and O–H groups in total. The molecule has 0 aliphatic carbocycles. The molecule has 1 aliphatic rings. The van der Waals surface area contributed by atoms with Crippen molar-refractivity contribution in [3.63, 3.8) is 0 Å². The maximum absolute atomic E-state index is 4.15. The Bertz CT molecular complexity index is 528. The summed E-state index contributed by atoms with van der Waals surface area (Å²) in [7, 11) is 0. The van der Waals surface area contributed by atoms with Gasteiger partial charge >= 0.3 is 0 Å². The van der Waals surface area contributed by atoms with E-state index in [2.05, 4.69) is 51.6 Å². The predicted molar refractivity (Wildman–Crippen MR) is 69.5 cm³/mol. The smallest absolute Gasteiger partial charge is 0.245 e. The molecular formula is C13H17N5. The fourth-order valence-electron chi connectivity index (χ4n) is 2.39. The Morgan fingerprint density at radius 2 is 1.94 bits per heavy atom. The van der Waals surface area contributed by atoms with Gasteiger partial charge in [-0.05, 0) is 41.3 Å². The van der Waals surface area contributed by atoms with Crippen LogP contribution in [0.4, 0.5) is 5.95 Å². The van der Waals surface area contributed by atoms with E-state index in [1.54, 1.807) is 0 Å². The number of anilines is 1. The largest absolute Gasteiger partial charge is 0.340 e. The van der Waals surface area contributed by atoms with Crippen LogP contribution < -0.4 is 4.90 Å². The van der Waals surface area contributed by atoms with Crippen LogP contribution in [-0.4, -0.2) is 33.3 Å². The third kappa shape index (κ3) is 2.08. The normalized spacial score (nSPS) is 15.3. The average Bonchev–Trinajstić information content (AvgIpc) is 3.02. The summed E-state index contributed by atoms with van der Waals surface area (Å²) in [5, 5.41) is 12.1. The Hall–Kier alpha value is -1.91. The molecule has 1 fully saturated rings. The molecule has 1 aromatic heterocycles. The van der Waals surface area contributed by atoms with Crippen molar-refractivity contribution in [2.45, 2.75) is 26.3 Å². The third-order valence-corrected chi connectivity index (χ3v) is 3.48. The van der Waals surface area contributed by atoms with Crippen molar-refractivity contribution >= 4 is 5.95 Å². The van der Waals surface area contributed by atoms with E-state index in [0.29, 0.717) is 0 Å². The monoisotopic (exact) mass is 243 g/mol. The van der Waals surface area contributed by atoms with E-state index in [1.807, 2.05) is 4.68 Å². The van der Waals surface area contributed by atoms with Gasteiger partial charge in [0.1, 0.15) is 0 Å². The van der Waals surface area contributed by atoms with Gasteiger partial charge in [-0.15, -0.1) is 0 Å². The minimum absolute atomic E-state index is 0.742. The Morgan fingerprint density at radius 3 is 2.72 bits per heavy atom. The number of benzene rings is 1. The molecule has 3 rings (SSSR count). The van der Waals surface area contributed by atoms with Gasteiger partial charge in [0.25, 0.3) is 0 Å². The Balaban J connectivity index is 1.85. The van der Waals surface area contributed by atoms with E-state index in [9.17, 15) is 0 Å². The van der Waals surface area contributed by atoms with Gasteiger partial charge in [-0.3, -0.25) is 0 Å². The van der Waals surface area contributed by atoms with Gasteiger partial charge in [0.15, 0.2) is 0 Å². The van der Waals surface area contributed by atoms with Crippen molar-refractivity contribution < 1.29 is 0 Å². The molecule has 1 aromatic carbocycles. The van der Waals surface area contributed by atoms with Gasteiger partial charge < -0.3 is 4.90 Å². The Morgan fingerprint density at radius 1 is 1.17 bits per heavy atom. The van der Waals surface area contributed by atoms with Crippen LogP contribution in [0.5, 0.6) is 0 Å². The highest BCUT2D eigenvalue weighted by atomic mass is 15.6. The van der Waals surface area contributed by atoms with Gasteiger partial charge in [0.05, 0.1) is 6.54 Å². The lowest BCUT2D eigenvalue weighted by Gasteiger charge is -2.16. The van der Waals surface area contributed by atoms with Crippen LogP contribution >= 0.6 is 0 Å². The second-order valence-electron chi connectivity index (χ2n) is 4.76. The topological polar surface area (TPSA) is 46.8 Å². The van der Waals surface area contributed by atoms with Gasteiger partial charge in [-0.25, -0.2) is 4.68 Å². The van der Waals surface area contributed by atoms with E-state index in [0.717, 1.165) is 25.6 Å². The zero-order valence-electron chi connectivity index (χ0n) is 10.6. The molecular weight excluding hydrogens is 226 g/mol. The van der Waals surface area contributed by atoms with Crippen LogP contribution in [0.15, 0.2) is 24.3 Å². The molecule has 0 bridgehead atoms. The lowest BCUT2D eigenvalue weighted by Crippen LogP contribution is -2.23. The summed E-state index contributed by atoms with van der Waals surface area (Å²) in [5.41, 5.74) is 2.55. The van der Waals surface area contributed by atoms with Crippen LogP contribution in [0.1, 0.15) is 24.0 Å². The summed E-state index contributed by atoms with van der Waals surface area (Å²) in [4.78, 5) is 2.26. The van der Waals surface area contributed by atoms with Crippen molar-refractivity contribution in [3.05, 3.63) is 35.4 Å². The van der Waals surface area contributed by atoms with Crippen LogP contribution in [0.2, 0.25) is 0 Å². The Labute approximate surface area is 106 Å². The van der Waals surface area contributed by atoms with Crippen LogP contribution in [-0.2, 0) is 6.54 Å². The first kappa shape index (κ1) is 11.2. The molecule has 1 saturated heterocycles. The van der Waals surface area contributed by atoms with Gasteiger partial charge in [-0.1, -0.05) is 29.4 Å². The molecule has 0 radical (unpaired) electrons. The summed E-state index contributed by atoms with van der Waals surface area (Å²) in [6.45, 7) is 4.99. The molecule has 1 aliphatic heterocycles. The lowest BCUT2D eigenvalue weighted by molar-refractivity contribution is 0.638. The van der Waals surface area contributed by atoms with Gasteiger partial charge in [0.2, 0.25) is 5.95 Å². The first-order valence-corrected chi connectivity index (χ1v) is 6.40. The fraction of sp³-hybridized carbons (Fsp3) is 0.462. The highest BCUT2D eigenvalue weighted by Gasteiger charge is 2.18. The SMILES string of the molecule is Cc1ccccc1Cn1nnnc1N1CCCC1. The first-order valence-electron chi connectivity index (χ1n) is 6.40. The molecule has 94 valence electrons.